The second kappa shape index (κ2) is 5.66. The Hall–Kier alpha value is -1.59. The largest absolute Gasteiger partial charge is 0.425 e. The summed E-state index contributed by atoms with van der Waals surface area (Å²) in [6, 6.07) is 3.60. The molecule has 5 nitrogen and oxygen atoms in total. The van der Waals surface area contributed by atoms with Gasteiger partial charge in [-0.15, -0.1) is 10.2 Å². The highest BCUT2D eigenvalue weighted by Gasteiger charge is 2.24. The fraction of sp³-hybridized carbons (Fsp3) is 0.357. The molecule has 0 fully saturated rings. The number of amides is 1. The molecule has 0 bridgehead atoms. The lowest BCUT2D eigenvalue weighted by Crippen LogP contribution is -2.37. The monoisotopic (exact) mass is 325 g/mol. The molecule has 1 aromatic heterocycles. The van der Waals surface area contributed by atoms with Gasteiger partial charge in [-0.2, -0.15) is 0 Å². The van der Waals surface area contributed by atoms with Gasteiger partial charge in [-0.3, -0.25) is 4.79 Å². The topological polar surface area (TPSA) is 59.2 Å². The van der Waals surface area contributed by atoms with Gasteiger partial charge in [-0.1, -0.05) is 23.2 Å². The molecule has 0 atom stereocenters. The normalized spacial score (nSPS) is 14.1. The van der Waals surface area contributed by atoms with Gasteiger partial charge >= 0.3 is 0 Å². The minimum Gasteiger partial charge on any atom is -0.425 e. The van der Waals surface area contributed by atoms with Crippen LogP contribution in [0.1, 0.15) is 22.9 Å². The maximum atomic E-state index is 12.3. The predicted molar refractivity (Wildman–Crippen MR) is 78.3 cm³/mol. The summed E-state index contributed by atoms with van der Waals surface area (Å²) in [5.74, 6) is 0.758. The van der Waals surface area contributed by atoms with E-state index in [1.165, 1.54) is 0 Å². The second-order valence-corrected chi connectivity index (χ2v) is 5.83. The maximum absolute atomic E-state index is 12.3. The van der Waals surface area contributed by atoms with Crippen molar-refractivity contribution in [1.29, 1.82) is 0 Å². The van der Waals surface area contributed by atoms with Crippen LogP contribution in [-0.2, 0) is 24.2 Å². The van der Waals surface area contributed by atoms with Crippen LogP contribution in [0.4, 0.5) is 0 Å². The molecular formula is C14H13Cl2N3O2. The zero-order valence-corrected chi connectivity index (χ0v) is 12.9. The summed E-state index contributed by atoms with van der Waals surface area (Å²) in [5.41, 5.74) is 2.06. The Morgan fingerprint density at radius 2 is 2.19 bits per heavy atom. The average molecular weight is 326 g/mol. The van der Waals surface area contributed by atoms with Crippen molar-refractivity contribution >= 4 is 29.1 Å². The fourth-order valence-electron chi connectivity index (χ4n) is 2.47. The number of hydrogen-bond acceptors (Lipinski definition) is 4. The van der Waals surface area contributed by atoms with Crippen LogP contribution >= 0.6 is 23.2 Å². The first kappa shape index (κ1) is 14.4. The number of halogens is 2. The Balaban J connectivity index is 1.75. The molecule has 7 heteroatoms. The third kappa shape index (κ3) is 3.04. The lowest BCUT2D eigenvalue weighted by atomic mass is 9.99. The van der Waals surface area contributed by atoms with Crippen molar-refractivity contribution in [2.24, 2.45) is 0 Å². The van der Waals surface area contributed by atoms with E-state index in [2.05, 4.69) is 10.2 Å². The minimum atomic E-state index is -0.0413. The molecule has 1 aliphatic rings. The van der Waals surface area contributed by atoms with Gasteiger partial charge in [0, 0.05) is 30.1 Å². The molecule has 1 aromatic carbocycles. The quantitative estimate of drug-likeness (QED) is 0.851. The lowest BCUT2D eigenvalue weighted by molar-refractivity contribution is -0.131. The van der Waals surface area contributed by atoms with Crippen LogP contribution in [0.3, 0.4) is 0 Å². The Labute approximate surface area is 131 Å². The van der Waals surface area contributed by atoms with E-state index in [-0.39, 0.29) is 12.3 Å². The number of fused-ring (bicyclic) bond motifs is 1. The van der Waals surface area contributed by atoms with Crippen LogP contribution < -0.4 is 0 Å². The Morgan fingerprint density at radius 1 is 1.38 bits per heavy atom. The van der Waals surface area contributed by atoms with Crippen LogP contribution in [0.2, 0.25) is 10.0 Å². The third-order valence-corrected chi connectivity index (χ3v) is 4.02. The Bertz CT molecular complexity index is 700. The Kier molecular flexibility index (Phi) is 3.87. The van der Waals surface area contributed by atoms with Crippen molar-refractivity contribution in [1.82, 2.24) is 15.1 Å². The van der Waals surface area contributed by atoms with Crippen molar-refractivity contribution in [3.63, 3.8) is 0 Å². The van der Waals surface area contributed by atoms with E-state index in [1.807, 2.05) is 6.07 Å². The number of nitrogens with zero attached hydrogens (tertiary/aromatic N) is 3. The SMILES string of the molecule is Cc1nnc(CC(=O)N2CCc3c(Cl)cc(Cl)cc3C2)o1. The van der Waals surface area contributed by atoms with Crippen molar-refractivity contribution in [2.75, 3.05) is 6.54 Å². The zero-order valence-electron chi connectivity index (χ0n) is 11.4. The molecule has 110 valence electrons. The number of rotatable bonds is 2. The van der Waals surface area contributed by atoms with Crippen LogP contribution in [-0.4, -0.2) is 27.5 Å². The first-order valence-electron chi connectivity index (χ1n) is 6.56. The first-order valence-corrected chi connectivity index (χ1v) is 7.32. The average Bonchev–Trinajstić information content (AvgIpc) is 2.83. The molecular weight excluding hydrogens is 313 g/mol. The molecule has 0 spiro atoms. The summed E-state index contributed by atoms with van der Waals surface area (Å²) in [6.07, 6.45) is 0.838. The molecule has 0 saturated carbocycles. The van der Waals surface area contributed by atoms with Crippen LogP contribution in [0.15, 0.2) is 16.5 Å². The fourth-order valence-corrected chi connectivity index (χ4v) is 3.10. The van der Waals surface area contributed by atoms with Gasteiger partial charge in [0.1, 0.15) is 6.42 Å². The molecule has 3 rings (SSSR count). The number of aromatic nitrogens is 2. The standard InChI is InChI=1S/C14H13Cl2N3O2/c1-8-17-18-13(21-8)6-14(20)19-3-2-11-9(7-19)4-10(15)5-12(11)16/h4-5H,2-3,6-7H2,1H3. The van der Waals surface area contributed by atoms with Gasteiger partial charge < -0.3 is 9.32 Å². The van der Waals surface area contributed by atoms with Crippen molar-refractivity contribution < 1.29 is 9.21 Å². The van der Waals surface area contributed by atoms with E-state index < -0.39 is 0 Å². The van der Waals surface area contributed by atoms with E-state index in [0.717, 1.165) is 17.5 Å². The van der Waals surface area contributed by atoms with Gasteiger partial charge in [-0.25, -0.2) is 0 Å². The van der Waals surface area contributed by atoms with Gasteiger partial charge in [-0.05, 0) is 29.7 Å². The van der Waals surface area contributed by atoms with Gasteiger partial charge in [0.2, 0.25) is 17.7 Å². The predicted octanol–water partition coefficient (Wildman–Crippen LogP) is 2.81. The smallest absolute Gasteiger partial charge is 0.232 e. The number of aryl methyl sites for hydroxylation is 1. The molecule has 0 saturated heterocycles. The van der Waals surface area contributed by atoms with Crippen molar-refractivity contribution in [3.05, 3.63) is 45.1 Å². The van der Waals surface area contributed by atoms with Crippen molar-refractivity contribution in [2.45, 2.75) is 26.3 Å². The van der Waals surface area contributed by atoms with E-state index in [0.29, 0.717) is 34.9 Å². The number of carbonyl (C=O) groups excluding carboxylic acids is 1. The number of carbonyl (C=O) groups is 1. The minimum absolute atomic E-state index is 0.0413. The summed E-state index contributed by atoms with van der Waals surface area (Å²) in [4.78, 5) is 14.0. The molecule has 21 heavy (non-hydrogen) atoms. The van der Waals surface area contributed by atoms with Gasteiger partial charge in [0.25, 0.3) is 0 Å². The molecule has 0 radical (unpaired) electrons. The first-order chi connectivity index (χ1) is 10.0. The van der Waals surface area contributed by atoms with E-state index in [9.17, 15) is 4.79 Å². The number of hydrogen-bond donors (Lipinski definition) is 0. The maximum Gasteiger partial charge on any atom is 0.232 e. The molecule has 0 aliphatic carbocycles. The van der Waals surface area contributed by atoms with E-state index in [4.69, 9.17) is 27.6 Å². The molecule has 1 aliphatic heterocycles. The van der Waals surface area contributed by atoms with E-state index in [1.54, 1.807) is 17.9 Å². The van der Waals surface area contributed by atoms with Crippen molar-refractivity contribution in [3.8, 4) is 0 Å². The summed E-state index contributed by atoms with van der Waals surface area (Å²) in [5, 5.41) is 8.82. The molecule has 0 N–H and O–H groups in total. The molecule has 2 aromatic rings. The molecule has 1 amide bonds. The summed E-state index contributed by atoms with van der Waals surface area (Å²) < 4.78 is 5.24. The highest BCUT2D eigenvalue weighted by molar-refractivity contribution is 6.35. The summed E-state index contributed by atoms with van der Waals surface area (Å²) in [6.45, 7) is 2.82. The third-order valence-electron chi connectivity index (χ3n) is 3.47. The molecule has 0 unspecified atom stereocenters. The highest BCUT2D eigenvalue weighted by atomic mass is 35.5. The van der Waals surface area contributed by atoms with Crippen LogP contribution in [0.5, 0.6) is 0 Å². The summed E-state index contributed by atoms with van der Waals surface area (Å²) in [7, 11) is 0. The van der Waals surface area contributed by atoms with Gasteiger partial charge in [0.05, 0.1) is 0 Å². The molecule has 2 heterocycles. The van der Waals surface area contributed by atoms with Gasteiger partial charge in [0.15, 0.2) is 0 Å². The summed E-state index contributed by atoms with van der Waals surface area (Å²) >= 11 is 12.2. The number of benzene rings is 1. The lowest BCUT2D eigenvalue weighted by Gasteiger charge is -2.29. The zero-order chi connectivity index (χ0) is 15.0. The van der Waals surface area contributed by atoms with Crippen LogP contribution in [0.25, 0.3) is 0 Å². The van der Waals surface area contributed by atoms with E-state index >= 15 is 0 Å². The van der Waals surface area contributed by atoms with Crippen LogP contribution in [0, 0.1) is 6.92 Å². The Morgan fingerprint density at radius 3 is 2.90 bits per heavy atom. The second-order valence-electron chi connectivity index (χ2n) is 4.98. The highest BCUT2D eigenvalue weighted by Crippen LogP contribution is 2.30.